The molecule has 1 rings (SSSR count). The summed E-state index contributed by atoms with van der Waals surface area (Å²) in [7, 11) is 0. The number of rotatable bonds is 6. The topological polar surface area (TPSA) is 9.23 Å². The van der Waals surface area contributed by atoms with Crippen molar-refractivity contribution in [3.8, 4) is 0 Å². The van der Waals surface area contributed by atoms with E-state index in [1.165, 1.54) is 36.0 Å². The third kappa shape index (κ3) is 7.13. The van der Waals surface area contributed by atoms with Crippen molar-refractivity contribution in [2.75, 3.05) is 6.61 Å². The fourth-order valence-corrected chi connectivity index (χ4v) is 2.93. The second kappa shape index (κ2) is 9.25. The highest BCUT2D eigenvalue weighted by Gasteiger charge is 2.24. The van der Waals surface area contributed by atoms with Gasteiger partial charge in [-0.3, -0.25) is 0 Å². The first-order valence-electron chi connectivity index (χ1n) is 8.47. The Labute approximate surface area is 132 Å². The Morgan fingerprint density at radius 3 is 2.48 bits per heavy atom. The van der Waals surface area contributed by atoms with Crippen LogP contribution in [0.3, 0.4) is 0 Å². The molecule has 0 aliphatic heterocycles. The highest BCUT2D eigenvalue weighted by Crippen LogP contribution is 2.32. The molecular formula is C20H34O. The van der Waals surface area contributed by atoms with Crippen molar-refractivity contribution in [1.29, 1.82) is 0 Å². The Morgan fingerprint density at radius 1 is 1.14 bits per heavy atom. The van der Waals surface area contributed by atoms with E-state index in [2.05, 4.69) is 53.7 Å². The SMILES string of the molecule is CC(C)=CCC/C(C)=C/COC1CC(C)CCC1=C(C)C. The van der Waals surface area contributed by atoms with Gasteiger partial charge in [0.2, 0.25) is 0 Å². The van der Waals surface area contributed by atoms with Gasteiger partial charge in [-0.2, -0.15) is 0 Å². The molecule has 1 nitrogen and oxygen atoms in total. The quantitative estimate of drug-likeness (QED) is 0.527. The van der Waals surface area contributed by atoms with Gasteiger partial charge in [0.15, 0.2) is 0 Å². The maximum absolute atomic E-state index is 6.18. The van der Waals surface area contributed by atoms with E-state index in [-0.39, 0.29) is 0 Å². The fraction of sp³-hybridized carbons (Fsp3) is 0.700. The van der Waals surface area contributed by atoms with Gasteiger partial charge >= 0.3 is 0 Å². The third-order valence-electron chi connectivity index (χ3n) is 4.37. The van der Waals surface area contributed by atoms with Gasteiger partial charge < -0.3 is 4.74 Å². The molecule has 1 fully saturated rings. The van der Waals surface area contributed by atoms with Crippen LogP contribution in [-0.2, 0) is 4.74 Å². The molecule has 1 heteroatoms. The van der Waals surface area contributed by atoms with Gasteiger partial charge in [0.05, 0.1) is 12.7 Å². The molecule has 0 radical (unpaired) electrons. The van der Waals surface area contributed by atoms with Gasteiger partial charge in [-0.25, -0.2) is 0 Å². The van der Waals surface area contributed by atoms with Crippen LogP contribution in [0.2, 0.25) is 0 Å². The van der Waals surface area contributed by atoms with E-state index in [1.807, 2.05) is 0 Å². The Morgan fingerprint density at radius 2 is 1.86 bits per heavy atom. The molecule has 2 atom stereocenters. The van der Waals surface area contributed by atoms with Gasteiger partial charge in [0.1, 0.15) is 0 Å². The number of hydrogen-bond donors (Lipinski definition) is 0. The summed E-state index contributed by atoms with van der Waals surface area (Å²) in [6, 6.07) is 0. The summed E-state index contributed by atoms with van der Waals surface area (Å²) in [6.45, 7) is 14.1. The van der Waals surface area contributed by atoms with Crippen LogP contribution < -0.4 is 0 Å². The van der Waals surface area contributed by atoms with Gasteiger partial charge in [-0.1, -0.05) is 35.8 Å². The standard InChI is InChI=1S/C20H34O/c1-15(2)8-7-9-17(5)12-13-21-20-14-18(6)10-11-19(20)16(3)4/h8,12,18,20H,7,9-11,13-14H2,1-6H3/b17-12+. The largest absolute Gasteiger partial charge is 0.370 e. The molecule has 120 valence electrons. The summed E-state index contributed by atoms with van der Waals surface area (Å²) < 4.78 is 6.18. The molecule has 0 aromatic rings. The Balaban J connectivity index is 2.45. The zero-order chi connectivity index (χ0) is 15.8. The number of ether oxygens (including phenoxy) is 1. The summed E-state index contributed by atoms with van der Waals surface area (Å²) in [6.07, 6.45) is 10.9. The van der Waals surface area contributed by atoms with E-state index in [1.54, 1.807) is 5.57 Å². The Kier molecular flexibility index (Phi) is 8.03. The molecule has 0 bridgehead atoms. The molecule has 0 spiro atoms. The molecule has 0 heterocycles. The van der Waals surface area contributed by atoms with Crippen LogP contribution in [0, 0.1) is 5.92 Å². The number of hydrogen-bond acceptors (Lipinski definition) is 1. The van der Waals surface area contributed by atoms with E-state index in [0.717, 1.165) is 25.4 Å². The molecule has 1 aliphatic rings. The van der Waals surface area contributed by atoms with Crippen molar-refractivity contribution in [1.82, 2.24) is 0 Å². The molecule has 0 saturated heterocycles. The average molecular weight is 290 g/mol. The van der Waals surface area contributed by atoms with Crippen molar-refractivity contribution >= 4 is 0 Å². The summed E-state index contributed by atoms with van der Waals surface area (Å²) in [5.74, 6) is 0.792. The van der Waals surface area contributed by atoms with E-state index in [9.17, 15) is 0 Å². The zero-order valence-electron chi connectivity index (χ0n) is 15.0. The maximum Gasteiger partial charge on any atom is 0.0794 e. The van der Waals surface area contributed by atoms with Crippen molar-refractivity contribution in [3.63, 3.8) is 0 Å². The Hall–Kier alpha value is -0.820. The van der Waals surface area contributed by atoms with Crippen molar-refractivity contribution in [2.45, 2.75) is 79.8 Å². The lowest BCUT2D eigenvalue weighted by Crippen LogP contribution is -2.25. The molecule has 0 N–H and O–H groups in total. The molecule has 1 aliphatic carbocycles. The summed E-state index contributed by atoms with van der Waals surface area (Å²) in [4.78, 5) is 0. The Bertz CT molecular complexity index is 404. The van der Waals surface area contributed by atoms with Crippen LogP contribution in [0.1, 0.15) is 73.6 Å². The third-order valence-corrected chi connectivity index (χ3v) is 4.37. The van der Waals surface area contributed by atoms with Crippen LogP contribution in [0.4, 0.5) is 0 Å². The predicted octanol–water partition coefficient (Wildman–Crippen LogP) is 6.22. The van der Waals surface area contributed by atoms with E-state index in [4.69, 9.17) is 4.74 Å². The molecule has 0 aromatic carbocycles. The van der Waals surface area contributed by atoms with E-state index in [0.29, 0.717) is 6.10 Å². The van der Waals surface area contributed by atoms with Gasteiger partial charge in [0, 0.05) is 0 Å². The lowest BCUT2D eigenvalue weighted by molar-refractivity contribution is 0.0664. The average Bonchev–Trinajstić information content (AvgIpc) is 2.38. The molecule has 2 unspecified atom stereocenters. The highest BCUT2D eigenvalue weighted by molar-refractivity contribution is 5.17. The van der Waals surface area contributed by atoms with Gasteiger partial charge in [-0.15, -0.1) is 0 Å². The zero-order valence-corrected chi connectivity index (χ0v) is 15.0. The number of allylic oxidation sites excluding steroid dienone is 4. The minimum Gasteiger partial charge on any atom is -0.370 e. The normalized spacial score (nSPS) is 23.1. The van der Waals surface area contributed by atoms with Crippen LogP contribution in [0.25, 0.3) is 0 Å². The first kappa shape index (κ1) is 18.2. The molecular weight excluding hydrogens is 256 g/mol. The lowest BCUT2D eigenvalue weighted by atomic mass is 9.83. The molecule has 0 amide bonds. The van der Waals surface area contributed by atoms with Crippen molar-refractivity contribution in [2.24, 2.45) is 5.92 Å². The highest BCUT2D eigenvalue weighted by atomic mass is 16.5. The van der Waals surface area contributed by atoms with Crippen LogP contribution >= 0.6 is 0 Å². The van der Waals surface area contributed by atoms with Crippen LogP contribution in [0.5, 0.6) is 0 Å². The van der Waals surface area contributed by atoms with Crippen LogP contribution in [0.15, 0.2) is 34.4 Å². The first-order valence-corrected chi connectivity index (χ1v) is 8.47. The smallest absolute Gasteiger partial charge is 0.0794 e. The van der Waals surface area contributed by atoms with Gasteiger partial charge in [-0.05, 0) is 78.2 Å². The summed E-state index contributed by atoms with van der Waals surface area (Å²) >= 11 is 0. The minimum absolute atomic E-state index is 0.348. The second-order valence-electron chi connectivity index (χ2n) is 7.10. The molecule has 21 heavy (non-hydrogen) atoms. The van der Waals surface area contributed by atoms with E-state index < -0.39 is 0 Å². The second-order valence-corrected chi connectivity index (χ2v) is 7.10. The summed E-state index contributed by atoms with van der Waals surface area (Å²) in [5.41, 5.74) is 5.85. The monoisotopic (exact) mass is 290 g/mol. The van der Waals surface area contributed by atoms with Gasteiger partial charge in [0.25, 0.3) is 0 Å². The minimum atomic E-state index is 0.348. The predicted molar refractivity (Wildman–Crippen MR) is 93.6 cm³/mol. The molecule has 1 saturated carbocycles. The van der Waals surface area contributed by atoms with Crippen molar-refractivity contribution in [3.05, 3.63) is 34.4 Å². The van der Waals surface area contributed by atoms with Crippen molar-refractivity contribution < 1.29 is 4.74 Å². The van der Waals surface area contributed by atoms with Crippen LogP contribution in [-0.4, -0.2) is 12.7 Å². The maximum atomic E-state index is 6.18. The fourth-order valence-electron chi connectivity index (χ4n) is 2.93. The first-order chi connectivity index (χ1) is 9.90. The summed E-state index contributed by atoms with van der Waals surface area (Å²) in [5, 5.41) is 0. The lowest BCUT2D eigenvalue weighted by Gasteiger charge is -2.30. The molecule has 0 aromatic heterocycles. The van der Waals surface area contributed by atoms with E-state index >= 15 is 0 Å².